The number of carbonyl (C=O) groups is 1. The largest absolute Gasteiger partial charge is 0.480 e. The molecule has 4 nitrogen and oxygen atoms in total. The Labute approximate surface area is 134 Å². The first kappa shape index (κ1) is 16.5. The Morgan fingerprint density at radius 1 is 1.30 bits per heavy atom. The van der Waals surface area contributed by atoms with Crippen LogP contribution in [-0.2, 0) is 11.2 Å². The summed E-state index contributed by atoms with van der Waals surface area (Å²) in [5.41, 5.74) is 1.20. The second kappa shape index (κ2) is 7.95. The molecule has 0 aliphatic carbocycles. The van der Waals surface area contributed by atoms with E-state index in [1.54, 1.807) is 43.3 Å². The van der Waals surface area contributed by atoms with Crippen molar-refractivity contribution in [2.24, 2.45) is 0 Å². The molecule has 1 N–H and O–H groups in total. The Bertz CT molecular complexity index is 725. The van der Waals surface area contributed by atoms with Gasteiger partial charge in [-0.1, -0.05) is 24.3 Å². The zero-order valence-electron chi connectivity index (χ0n) is 12.8. The fourth-order valence-corrected chi connectivity index (χ4v) is 2.07. The third kappa shape index (κ3) is 4.82. The fourth-order valence-electron chi connectivity index (χ4n) is 2.07. The topological polar surface area (TPSA) is 62.1 Å². The van der Waals surface area contributed by atoms with E-state index in [1.165, 1.54) is 12.1 Å². The number of nitrogens with one attached hydrogen (secondary N) is 1. The average molecular weight is 312 g/mol. The van der Waals surface area contributed by atoms with Gasteiger partial charge in [0.1, 0.15) is 17.6 Å². The van der Waals surface area contributed by atoms with Crippen molar-refractivity contribution in [3.8, 4) is 11.8 Å². The van der Waals surface area contributed by atoms with Gasteiger partial charge in [-0.05, 0) is 43.2 Å². The van der Waals surface area contributed by atoms with Gasteiger partial charge in [0, 0.05) is 6.54 Å². The van der Waals surface area contributed by atoms with Crippen molar-refractivity contribution in [2.45, 2.75) is 19.4 Å². The Morgan fingerprint density at radius 3 is 2.83 bits per heavy atom. The molecule has 0 saturated heterocycles. The second-order valence-electron chi connectivity index (χ2n) is 5.04. The number of amides is 1. The van der Waals surface area contributed by atoms with Crippen molar-refractivity contribution < 1.29 is 13.9 Å². The lowest BCUT2D eigenvalue weighted by Crippen LogP contribution is -2.37. The van der Waals surface area contributed by atoms with Crippen molar-refractivity contribution >= 4 is 5.91 Å². The normalized spacial score (nSPS) is 11.3. The van der Waals surface area contributed by atoms with Crippen LogP contribution < -0.4 is 10.1 Å². The number of hydrogen-bond donors (Lipinski definition) is 1. The lowest BCUT2D eigenvalue weighted by Gasteiger charge is -2.15. The zero-order valence-corrected chi connectivity index (χ0v) is 12.8. The lowest BCUT2D eigenvalue weighted by molar-refractivity contribution is -0.127. The summed E-state index contributed by atoms with van der Waals surface area (Å²) in [6.45, 7) is 2.00. The van der Waals surface area contributed by atoms with E-state index in [0.717, 1.165) is 5.56 Å². The predicted molar refractivity (Wildman–Crippen MR) is 84.4 cm³/mol. The van der Waals surface area contributed by atoms with Gasteiger partial charge in [-0.3, -0.25) is 4.79 Å². The van der Waals surface area contributed by atoms with Crippen LogP contribution in [0.15, 0.2) is 48.5 Å². The number of para-hydroxylation sites is 1. The first-order chi connectivity index (χ1) is 11.1. The standard InChI is InChI=1S/C18H17FN2O2/c1-13(23-17-8-3-2-6-15(17)12-20)18(22)21-10-9-14-5-4-7-16(19)11-14/h2-8,11,13H,9-10H2,1H3,(H,21,22). The van der Waals surface area contributed by atoms with Crippen LogP contribution in [0.5, 0.6) is 5.75 Å². The zero-order chi connectivity index (χ0) is 16.7. The maximum absolute atomic E-state index is 13.1. The minimum Gasteiger partial charge on any atom is -0.480 e. The van der Waals surface area contributed by atoms with Gasteiger partial charge in [0.2, 0.25) is 0 Å². The number of benzene rings is 2. The van der Waals surface area contributed by atoms with Crippen molar-refractivity contribution in [3.63, 3.8) is 0 Å². The molecule has 0 aliphatic heterocycles. The van der Waals surface area contributed by atoms with Crippen LogP contribution in [0.25, 0.3) is 0 Å². The molecule has 0 saturated carbocycles. The highest BCUT2D eigenvalue weighted by molar-refractivity contribution is 5.80. The highest BCUT2D eigenvalue weighted by Crippen LogP contribution is 2.18. The average Bonchev–Trinajstić information content (AvgIpc) is 2.55. The third-order valence-corrected chi connectivity index (χ3v) is 3.28. The lowest BCUT2D eigenvalue weighted by atomic mass is 10.1. The van der Waals surface area contributed by atoms with Gasteiger partial charge in [-0.2, -0.15) is 5.26 Å². The summed E-state index contributed by atoms with van der Waals surface area (Å²) in [4.78, 5) is 12.0. The van der Waals surface area contributed by atoms with Crippen LogP contribution in [0, 0.1) is 17.1 Å². The summed E-state index contributed by atoms with van der Waals surface area (Å²) < 4.78 is 18.6. The van der Waals surface area contributed by atoms with Crippen LogP contribution >= 0.6 is 0 Å². The maximum atomic E-state index is 13.1. The van der Waals surface area contributed by atoms with E-state index < -0.39 is 6.10 Å². The Kier molecular flexibility index (Phi) is 5.70. The number of nitrogens with zero attached hydrogens (tertiary/aromatic N) is 1. The molecule has 23 heavy (non-hydrogen) atoms. The molecule has 1 unspecified atom stereocenters. The van der Waals surface area contributed by atoms with Gasteiger partial charge in [0.15, 0.2) is 6.10 Å². The molecule has 0 radical (unpaired) electrons. The number of halogens is 1. The van der Waals surface area contributed by atoms with Gasteiger partial charge in [-0.25, -0.2) is 4.39 Å². The van der Waals surface area contributed by atoms with E-state index in [9.17, 15) is 9.18 Å². The van der Waals surface area contributed by atoms with E-state index in [0.29, 0.717) is 24.3 Å². The Morgan fingerprint density at radius 2 is 2.09 bits per heavy atom. The van der Waals surface area contributed by atoms with Crippen LogP contribution in [0.4, 0.5) is 4.39 Å². The van der Waals surface area contributed by atoms with Crippen molar-refractivity contribution in [2.75, 3.05) is 6.54 Å². The van der Waals surface area contributed by atoms with Crippen molar-refractivity contribution in [1.29, 1.82) is 5.26 Å². The van der Waals surface area contributed by atoms with Crippen molar-refractivity contribution in [3.05, 3.63) is 65.5 Å². The van der Waals surface area contributed by atoms with Gasteiger partial charge < -0.3 is 10.1 Å². The van der Waals surface area contributed by atoms with Gasteiger partial charge in [0.05, 0.1) is 5.56 Å². The Hall–Kier alpha value is -2.87. The number of carbonyl (C=O) groups excluding carboxylic acids is 1. The van der Waals surface area contributed by atoms with Crippen LogP contribution in [-0.4, -0.2) is 18.6 Å². The molecular weight excluding hydrogens is 295 g/mol. The first-order valence-corrected chi connectivity index (χ1v) is 7.28. The smallest absolute Gasteiger partial charge is 0.260 e. The molecule has 1 atom stereocenters. The van der Waals surface area contributed by atoms with Gasteiger partial charge in [-0.15, -0.1) is 0 Å². The molecule has 118 valence electrons. The molecule has 2 aromatic rings. The third-order valence-electron chi connectivity index (χ3n) is 3.28. The second-order valence-corrected chi connectivity index (χ2v) is 5.04. The minimum absolute atomic E-state index is 0.283. The first-order valence-electron chi connectivity index (χ1n) is 7.28. The molecule has 0 heterocycles. The number of nitriles is 1. The molecule has 0 bridgehead atoms. The number of rotatable bonds is 6. The number of hydrogen-bond acceptors (Lipinski definition) is 3. The molecule has 2 rings (SSSR count). The quantitative estimate of drug-likeness (QED) is 0.892. The minimum atomic E-state index is -0.725. The van der Waals surface area contributed by atoms with E-state index in [1.807, 2.05) is 6.07 Å². The molecule has 0 fully saturated rings. The van der Waals surface area contributed by atoms with Crippen molar-refractivity contribution in [1.82, 2.24) is 5.32 Å². The predicted octanol–water partition coefficient (Wildman–Crippen LogP) is 2.82. The molecule has 5 heteroatoms. The maximum Gasteiger partial charge on any atom is 0.260 e. The number of ether oxygens (including phenoxy) is 1. The van der Waals surface area contributed by atoms with E-state index in [4.69, 9.17) is 10.00 Å². The summed E-state index contributed by atoms with van der Waals surface area (Å²) >= 11 is 0. The van der Waals surface area contributed by atoms with Gasteiger partial charge >= 0.3 is 0 Å². The Balaban J connectivity index is 1.84. The highest BCUT2D eigenvalue weighted by Gasteiger charge is 2.15. The van der Waals surface area contributed by atoms with Crippen LogP contribution in [0.2, 0.25) is 0 Å². The molecule has 0 aliphatic rings. The highest BCUT2D eigenvalue weighted by atomic mass is 19.1. The van der Waals surface area contributed by atoms with Crippen LogP contribution in [0.1, 0.15) is 18.1 Å². The summed E-state index contributed by atoms with van der Waals surface area (Å²) in [5.74, 6) is -0.199. The van der Waals surface area contributed by atoms with E-state index in [2.05, 4.69) is 5.32 Å². The fraction of sp³-hybridized carbons (Fsp3) is 0.222. The molecule has 0 spiro atoms. The summed E-state index contributed by atoms with van der Waals surface area (Å²) in [6, 6.07) is 15.0. The molecule has 2 aromatic carbocycles. The van der Waals surface area contributed by atoms with E-state index >= 15 is 0 Å². The molecule has 1 amide bonds. The van der Waals surface area contributed by atoms with E-state index in [-0.39, 0.29) is 11.7 Å². The van der Waals surface area contributed by atoms with Crippen LogP contribution in [0.3, 0.4) is 0 Å². The molecular formula is C18H17FN2O2. The molecule has 0 aromatic heterocycles. The summed E-state index contributed by atoms with van der Waals surface area (Å²) in [5, 5.41) is 11.7. The summed E-state index contributed by atoms with van der Waals surface area (Å²) in [6.07, 6.45) is -0.192. The van der Waals surface area contributed by atoms with Gasteiger partial charge in [0.25, 0.3) is 5.91 Å². The monoisotopic (exact) mass is 312 g/mol. The SMILES string of the molecule is CC(Oc1ccccc1C#N)C(=O)NCCc1cccc(F)c1. The summed E-state index contributed by atoms with van der Waals surface area (Å²) in [7, 11) is 0.